The number of fused-ring (bicyclic) bond motifs is 2. The molecule has 2 aromatic heterocycles. The van der Waals surface area contributed by atoms with Crippen molar-refractivity contribution in [2.75, 3.05) is 31.2 Å². The van der Waals surface area contributed by atoms with Crippen LogP contribution in [0.25, 0.3) is 22.2 Å². The first-order valence-electron chi connectivity index (χ1n) is 11.5. The summed E-state index contributed by atoms with van der Waals surface area (Å²) >= 11 is 5.99. The summed E-state index contributed by atoms with van der Waals surface area (Å²) in [6, 6.07) is 6.29. The lowest BCUT2D eigenvalue weighted by atomic mass is 10.1. The van der Waals surface area contributed by atoms with E-state index in [1.54, 1.807) is 22.8 Å². The Morgan fingerprint density at radius 3 is 2.76 bits per heavy atom. The summed E-state index contributed by atoms with van der Waals surface area (Å²) in [6.45, 7) is 3.18. The maximum atomic E-state index is 15.0. The maximum Gasteiger partial charge on any atom is 0.261 e. The summed E-state index contributed by atoms with van der Waals surface area (Å²) < 4.78 is 28.5. The third kappa shape index (κ3) is 3.70. The second-order valence-corrected chi connectivity index (χ2v) is 9.28. The topological polar surface area (TPSA) is 69.5 Å². The predicted molar refractivity (Wildman–Crippen MR) is 123 cm³/mol. The van der Waals surface area contributed by atoms with E-state index in [1.165, 1.54) is 6.07 Å². The molecule has 33 heavy (non-hydrogen) atoms. The van der Waals surface area contributed by atoms with E-state index < -0.39 is 5.82 Å². The van der Waals surface area contributed by atoms with Gasteiger partial charge in [-0.3, -0.25) is 9.36 Å². The number of morpholine rings is 1. The van der Waals surface area contributed by atoms with Crippen molar-refractivity contribution in [3.05, 3.63) is 51.3 Å². The summed E-state index contributed by atoms with van der Waals surface area (Å²) in [5, 5.41) is 0.758. The molecule has 0 radical (unpaired) electrons. The molecule has 0 aliphatic carbocycles. The lowest BCUT2D eigenvalue weighted by Gasteiger charge is -2.36. The zero-order chi connectivity index (χ0) is 22.5. The Morgan fingerprint density at radius 2 is 1.94 bits per heavy atom. The Morgan fingerprint density at radius 1 is 1.06 bits per heavy atom. The van der Waals surface area contributed by atoms with Crippen LogP contribution in [0.5, 0.6) is 0 Å². The Kier molecular flexibility index (Phi) is 5.31. The Labute approximate surface area is 195 Å². The number of halogens is 2. The molecule has 2 fully saturated rings. The lowest BCUT2D eigenvalue weighted by Crippen LogP contribution is -2.48. The molecule has 1 aromatic carbocycles. The standard InChI is InChI=1S/C24H24ClFN4O3/c25-14-5-6-15(17(26)11-14)22-23-16(24(31)30-7-1-4-20(30)27-23)12-21(28-22)29-8-10-33-19(13-29)18-3-2-9-32-18/h5-6,11-12,18-19H,1-4,7-10,13H2. The molecule has 0 amide bonds. The number of nitrogens with zero attached hydrogens (tertiary/aromatic N) is 4. The number of ether oxygens (including phenoxy) is 2. The number of hydrogen-bond donors (Lipinski definition) is 0. The highest BCUT2D eigenvalue weighted by atomic mass is 35.5. The van der Waals surface area contributed by atoms with Crippen LogP contribution in [0.4, 0.5) is 10.2 Å². The van der Waals surface area contributed by atoms with Gasteiger partial charge in [0.15, 0.2) is 0 Å². The highest BCUT2D eigenvalue weighted by Crippen LogP contribution is 2.33. The molecule has 6 rings (SSSR count). The zero-order valence-corrected chi connectivity index (χ0v) is 18.9. The largest absolute Gasteiger partial charge is 0.375 e. The average Bonchev–Trinajstić information content (AvgIpc) is 3.52. The number of aryl methyl sites for hydroxylation is 1. The Balaban J connectivity index is 1.51. The van der Waals surface area contributed by atoms with E-state index >= 15 is 0 Å². The van der Waals surface area contributed by atoms with Crippen molar-refractivity contribution in [1.29, 1.82) is 0 Å². The minimum absolute atomic E-state index is 0.0614. The smallest absolute Gasteiger partial charge is 0.261 e. The summed E-state index contributed by atoms with van der Waals surface area (Å²) in [4.78, 5) is 25.1. The Bertz CT molecular complexity index is 1290. The monoisotopic (exact) mass is 470 g/mol. The van der Waals surface area contributed by atoms with Gasteiger partial charge in [-0.05, 0) is 43.5 Å². The van der Waals surface area contributed by atoms with Crippen LogP contribution in [0.1, 0.15) is 25.1 Å². The van der Waals surface area contributed by atoms with Crippen LogP contribution in [-0.4, -0.2) is 53.0 Å². The van der Waals surface area contributed by atoms with Gasteiger partial charge in [0.1, 0.15) is 34.8 Å². The van der Waals surface area contributed by atoms with E-state index in [0.29, 0.717) is 53.7 Å². The van der Waals surface area contributed by atoms with Crippen LogP contribution in [0.2, 0.25) is 5.02 Å². The Hall–Kier alpha value is -2.55. The van der Waals surface area contributed by atoms with Crippen LogP contribution in [0.15, 0.2) is 29.1 Å². The van der Waals surface area contributed by atoms with Gasteiger partial charge in [-0.15, -0.1) is 0 Å². The van der Waals surface area contributed by atoms with Crippen molar-refractivity contribution in [3.8, 4) is 11.3 Å². The fourth-order valence-corrected chi connectivity index (χ4v) is 5.26. The van der Waals surface area contributed by atoms with Crippen LogP contribution in [0.3, 0.4) is 0 Å². The molecule has 0 bridgehead atoms. The van der Waals surface area contributed by atoms with Crippen LogP contribution in [-0.2, 0) is 22.4 Å². The lowest BCUT2D eigenvalue weighted by molar-refractivity contribution is -0.0544. The molecule has 0 N–H and O–H groups in total. The normalized spacial score (nSPS) is 22.8. The quantitative estimate of drug-likeness (QED) is 0.582. The molecule has 7 nitrogen and oxygen atoms in total. The summed E-state index contributed by atoms with van der Waals surface area (Å²) in [5.41, 5.74) is 0.979. The first kappa shape index (κ1) is 21.0. The highest BCUT2D eigenvalue weighted by Gasteiger charge is 2.32. The number of rotatable bonds is 3. The van der Waals surface area contributed by atoms with Crippen molar-refractivity contribution in [1.82, 2.24) is 14.5 Å². The molecular formula is C24H24ClFN4O3. The van der Waals surface area contributed by atoms with E-state index in [0.717, 1.165) is 38.1 Å². The predicted octanol–water partition coefficient (Wildman–Crippen LogP) is 3.58. The van der Waals surface area contributed by atoms with Crippen molar-refractivity contribution in [2.24, 2.45) is 0 Å². The van der Waals surface area contributed by atoms with Gasteiger partial charge in [0.25, 0.3) is 5.56 Å². The minimum Gasteiger partial charge on any atom is -0.375 e. The molecule has 9 heteroatoms. The first-order chi connectivity index (χ1) is 16.1. The molecule has 5 heterocycles. The highest BCUT2D eigenvalue weighted by molar-refractivity contribution is 6.30. The van der Waals surface area contributed by atoms with Crippen molar-refractivity contribution in [3.63, 3.8) is 0 Å². The zero-order valence-electron chi connectivity index (χ0n) is 18.1. The fraction of sp³-hybridized carbons (Fsp3) is 0.458. The van der Waals surface area contributed by atoms with Gasteiger partial charge < -0.3 is 14.4 Å². The second kappa shape index (κ2) is 8.34. The molecular weight excluding hydrogens is 447 g/mol. The summed E-state index contributed by atoms with van der Waals surface area (Å²) in [6.07, 6.45) is 3.61. The SMILES string of the molecule is O=c1c2cc(N3CCOC(C4CCCO4)C3)nc(-c3ccc(Cl)cc3F)c2nc2n1CCC2. The van der Waals surface area contributed by atoms with Crippen molar-refractivity contribution in [2.45, 2.75) is 44.4 Å². The van der Waals surface area contributed by atoms with Crippen molar-refractivity contribution >= 4 is 28.3 Å². The molecule has 3 aliphatic heterocycles. The van der Waals surface area contributed by atoms with Gasteiger partial charge in [0.05, 0.1) is 18.1 Å². The van der Waals surface area contributed by atoms with E-state index in [2.05, 4.69) is 4.90 Å². The maximum absolute atomic E-state index is 15.0. The molecule has 3 aliphatic rings. The van der Waals surface area contributed by atoms with Gasteiger partial charge in [-0.2, -0.15) is 0 Å². The first-order valence-corrected chi connectivity index (χ1v) is 11.8. The third-order valence-corrected chi connectivity index (χ3v) is 7.01. The molecule has 2 atom stereocenters. The van der Waals surface area contributed by atoms with Gasteiger partial charge in [0.2, 0.25) is 0 Å². The molecule has 0 saturated carbocycles. The second-order valence-electron chi connectivity index (χ2n) is 8.84. The average molecular weight is 471 g/mol. The van der Waals surface area contributed by atoms with Gasteiger partial charge in [0, 0.05) is 43.2 Å². The minimum atomic E-state index is -0.491. The van der Waals surface area contributed by atoms with Gasteiger partial charge in [-0.25, -0.2) is 14.4 Å². The van der Waals surface area contributed by atoms with Gasteiger partial charge in [-0.1, -0.05) is 11.6 Å². The molecule has 2 unspecified atom stereocenters. The number of aromatic nitrogens is 3. The number of pyridine rings is 1. The van der Waals surface area contributed by atoms with E-state index in [-0.39, 0.29) is 23.3 Å². The van der Waals surface area contributed by atoms with Gasteiger partial charge >= 0.3 is 0 Å². The fourth-order valence-electron chi connectivity index (χ4n) is 5.11. The number of hydrogen-bond acceptors (Lipinski definition) is 6. The number of benzene rings is 1. The van der Waals surface area contributed by atoms with E-state index in [4.69, 9.17) is 31.0 Å². The van der Waals surface area contributed by atoms with Crippen LogP contribution < -0.4 is 10.5 Å². The van der Waals surface area contributed by atoms with E-state index in [9.17, 15) is 9.18 Å². The molecule has 0 spiro atoms. The summed E-state index contributed by atoms with van der Waals surface area (Å²) in [7, 11) is 0. The van der Waals surface area contributed by atoms with Crippen LogP contribution in [0, 0.1) is 5.82 Å². The number of anilines is 1. The van der Waals surface area contributed by atoms with E-state index in [1.807, 2.05) is 0 Å². The van der Waals surface area contributed by atoms with Crippen molar-refractivity contribution < 1.29 is 13.9 Å². The molecule has 3 aromatic rings. The molecule has 2 saturated heterocycles. The van der Waals surface area contributed by atoms with Crippen LogP contribution >= 0.6 is 11.6 Å². The third-order valence-electron chi connectivity index (χ3n) is 6.77. The molecule has 172 valence electrons. The summed E-state index contributed by atoms with van der Waals surface area (Å²) in [5.74, 6) is 0.855.